The summed E-state index contributed by atoms with van der Waals surface area (Å²) in [6.45, 7) is 8.69. The largest absolute Gasteiger partial charge is 0.444 e. The van der Waals surface area contributed by atoms with Crippen molar-refractivity contribution in [2.45, 2.75) is 45.8 Å². The first-order valence-corrected chi connectivity index (χ1v) is 7.38. The monoisotopic (exact) mass is 296 g/mol. The molecule has 0 aromatic carbocycles. The molecule has 0 saturated carbocycles. The van der Waals surface area contributed by atoms with Gasteiger partial charge < -0.3 is 19.5 Å². The summed E-state index contributed by atoms with van der Waals surface area (Å²) in [5.41, 5.74) is -0.430. The smallest absolute Gasteiger partial charge is 0.410 e. The first-order chi connectivity index (χ1) is 9.94. The third-order valence-electron chi connectivity index (χ3n) is 3.39. The van der Waals surface area contributed by atoms with E-state index in [4.69, 9.17) is 4.74 Å². The first kappa shape index (κ1) is 15.8. The lowest BCUT2D eigenvalue weighted by Crippen LogP contribution is -2.43. The standard InChI is InChI=1S/C14H24N4O3/c1-14(2,3)21-13(19)18-6-4-11(5-7-18)8-15-9-12-16-10-20-17-12/h10-11,15H,4-9H2,1-3H3. The minimum Gasteiger partial charge on any atom is -0.444 e. The topological polar surface area (TPSA) is 80.5 Å². The Morgan fingerprint density at radius 1 is 1.48 bits per heavy atom. The van der Waals surface area contributed by atoms with E-state index in [2.05, 4.69) is 20.0 Å². The molecule has 1 saturated heterocycles. The van der Waals surface area contributed by atoms with Crippen molar-refractivity contribution in [3.63, 3.8) is 0 Å². The Labute approximate surface area is 125 Å². The molecule has 1 aliphatic heterocycles. The summed E-state index contributed by atoms with van der Waals surface area (Å²) in [7, 11) is 0. The van der Waals surface area contributed by atoms with E-state index in [1.165, 1.54) is 6.39 Å². The molecule has 21 heavy (non-hydrogen) atoms. The van der Waals surface area contributed by atoms with Gasteiger partial charge in [-0.25, -0.2) is 4.79 Å². The van der Waals surface area contributed by atoms with Gasteiger partial charge in [0.1, 0.15) is 5.60 Å². The third-order valence-corrected chi connectivity index (χ3v) is 3.39. The lowest BCUT2D eigenvalue weighted by Gasteiger charge is -2.33. The van der Waals surface area contributed by atoms with Gasteiger partial charge in [-0.3, -0.25) is 0 Å². The first-order valence-electron chi connectivity index (χ1n) is 7.38. The van der Waals surface area contributed by atoms with Crippen molar-refractivity contribution in [1.29, 1.82) is 0 Å². The van der Waals surface area contributed by atoms with Crippen LogP contribution in [0.4, 0.5) is 4.79 Å². The highest BCUT2D eigenvalue weighted by atomic mass is 16.6. The van der Waals surface area contributed by atoms with Gasteiger partial charge in [-0.05, 0) is 46.1 Å². The van der Waals surface area contributed by atoms with Crippen LogP contribution in [0.2, 0.25) is 0 Å². The zero-order valence-corrected chi connectivity index (χ0v) is 13.0. The minimum atomic E-state index is -0.430. The Kier molecular flexibility index (Phi) is 5.17. The number of aromatic nitrogens is 2. The summed E-state index contributed by atoms with van der Waals surface area (Å²) < 4.78 is 10.1. The fraction of sp³-hybridized carbons (Fsp3) is 0.786. The van der Waals surface area contributed by atoms with Gasteiger partial charge in [-0.2, -0.15) is 4.98 Å². The molecule has 2 rings (SSSR count). The molecule has 1 aromatic heterocycles. The van der Waals surface area contributed by atoms with Crippen LogP contribution in [0, 0.1) is 5.92 Å². The van der Waals surface area contributed by atoms with E-state index in [0.29, 0.717) is 18.3 Å². The molecule has 0 radical (unpaired) electrons. The summed E-state index contributed by atoms with van der Waals surface area (Å²) in [5, 5.41) is 7.07. The molecule has 1 fully saturated rings. The quantitative estimate of drug-likeness (QED) is 0.912. The van der Waals surface area contributed by atoms with Crippen LogP contribution in [0.15, 0.2) is 10.9 Å². The van der Waals surface area contributed by atoms with Gasteiger partial charge >= 0.3 is 6.09 Å². The zero-order chi connectivity index (χ0) is 15.3. The predicted molar refractivity (Wildman–Crippen MR) is 76.5 cm³/mol. The normalized spacial score (nSPS) is 17.0. The Bertz CT molecular complexity index is 434. The lowest BCUT2D eigenvalue weighted by molar-refractivity contribution is 0.0184. The number of hydrogen-bond acceptors (Lipinski definition) is 6. The van der Waals surface area contributed by atoms with Crippen molar-refractivity contribution < 1.29 is 14.1 Å². The summed E-state index contributed by atoms with van der Waals surface area (Å²) in [5.74, 6) is 1.23. The van der Waals surface area contributed by atoms with Crippen molar-refractivity contribution in [1.82, 2.24) is 20.4 Å². The number of carbonyl (C=O) groups excluding carboxylic acids is 1. The van der Waals surface area contributed by atoms with Crippen LogP contribution in [0.5, 0.6) is 0 Å². The number of piperidine rings is 1. The maximum Gasteiger partial charge on any atom is 0.410 e. The molecule has 0 atom stereocenters. The molecule has 1 aromatic rings. The van der Waals surface area contributed by atoms with Crippen LogP contribution < -0.4 is 5.32 Å². The lowest BCUT2D eigenvalue weighted by atomic mass is 9.97. The number of rotatable bonds is 4. The highest BCUT2D eigenvalue weighted by Gasteiger charge is 2.26. The van der Waals surface area contributed by atoms with Crippen molar-refractivity contribution in [2.24, 2.45) is 5.92 Å². The van der Waals surface area contributed by atoms with E-state index in [1.807, 2.05) is 20.8 Å². The molecule has 118 valence electrons. The number of carbonyl (C=O) groups is 1. The number of ether oxygens (including phenoxy) is 1. The Morgan fingerprint density at radius 3 is 2.76 bits per heavy atom. The van der Waals surface area contributed by atoms with Crippen molar-refractivity contribution in [3.8, 4) is 0 Å². The zero-order valence-electron chi connectivity index (χ0n) is 13.0. The molecule has 0 spiro atoms. The molecule has 1 aliphatic rings. The Balaban J connectivity index is 1.65. The van der Waals surface area contributed by atoms with Crippen LogP contribution in [0.1, 0.15) is 39.4 Å². The van der Waals surface area contributed by atoms with Crippen molar-refractivity contribution >= 4 is 6.09 Å². The van der Waals surface area contributed by atoms with E-state index in [0.717, 1.165) is 32.5 Å². The Hall–Kier alpha value is -1.63. The number of nitrogens with zero attached hydrogens (tertiary/aromatic N) is 3. The van der Waals surface area contributed by atoms with Crippen LogP contribution in [0.3, 0.4) is 0 Å². The van der Waals surface area contributed by atoms with Crippen LogP contribution in [-0.2, 0) is 11.3 Å². The van der Waals surface area contributed by atoms with Gasteiger partial charge in [0.05, 0.1) is 6.54 Å². The van der Waals surface area contributed by atoms with E-state index in [9.17, 15) is 4.79 Å². The molecule has 7 heteroatoms. The number of nitrogens with one attached hydrogen (secondary N) is 1. The van der Waals surface area contributed by atoms with Gasteiger partial charge in [-0.15, -0.1) is 0 Å². The molecule has 1 N–H and O–H groups in total. The van der Waals surface area contributed by atoms with Crippen LogP contribution in [0.25, 0.3) is 0 Å². The van der Waals surface area contributed by atoms with Crippen LogP contribution in [-0.4, -0.2) is 46.4 Å². The van der Waals surface area contributed by atoms with Crippen molar-refractivity contribution in [3.05, 3.63) is 12.2 Å². The average Bonchev–Trinajstić information content (AvgIpc) is 2.91. The number of likely N-dealkylation sites (tertiary alicyclic amines) is 1. The second-order valence-electron chi connectivity index (χ2n) is 6.39. The summed E-state index contributed by atoms with van der Waals surface area (Å²) in [4.78, 5) is 17.7. The molecule has 0 aliphatic carbocycles. The molecule has 2 heterocycles. The number of hydrogen-bond donors (Lipinski definition) is 1. The Morgan fingerprint density at radius 2 is 2.19 bits per heavy atom. The second-order valence-corrected chi connectivity index (χ2v) is 6.39. The van der Waals surface area contributed by atoms with E-state index in [-0.39, 0.29) is 6.09 Å². The van der Waals surface area contributed by atoms with Gasteiger partial charge in [0.15, 0.2) is 5.82 Å². The summed E-state index contributed by atoms with van der Waals surface area (Å²) >= 11 is 0. The summed E-state index contributed by atoms with van der Waals surface area (Å²) in [6, 6.07) is 0. The maximum absolute atomic E-state index is 12.0. The highest BCUT2D eigenvalue weighted by Crippen LogP contribution is 2.19. The van der Waals surface area contributed by atoms with Gasteiger partial charge in [-0.1, -0.05) is 5.16 Å². The third kappa shape index (κ3) is 5.34. The average molecular weight is 296 g/mol. The fourth-order valence-corrected chi connectivity index (χ4v) is 2.30. The molecular weight excluding hydrogens is 272 g/mol. The SMILES string of the molecule is CC(C)(C)OC(=O)N1CCC(CNCc2ncon2)CC1. The highest BCUT2D eigenvalue weighted by molar-refractivity contribution is 5.68. The molecular formula is C14H24N4O3. The second kappa shape index (κ2) is 6.89. The maximum atomic E-state index is 12.0. The molecule has 7 nitrogen and oxygen atoms in total. The number of amides is 1. The van der Waals surface area contributed by atoms with Gasteiger partial charge in [0, 0.05) is 13.1 Å². The van der Waals surface area contributed by atoms with E-state index < -0.39 is 5.60 Å². The van der Waals surface area contributed by atoms with Crippen molar-refractivity contribution in [2.75, 3.05) is 19.6 Å². The van der Waals surface area contributed by atoms with Gasteiger partial charge in [0.2, 0.25) is 6.39 Å². The molecule has 1 amide bonds. The summed E-state index contributed by atoms with van der Waals surface area (Å²) in [6.07, 6.45) is 3.09. The van der Waals surface area contributed by atoms with E-state index >= 15 is 0 Å². The predicted octanol–water partition coefficient (Wildman–Crippen LogP) is 1.81. The van der Waals surface area contributed by atoms with Crippen LogP contribution >= 0.6 is 0 Å². The van der Waals surface area contributed by atoms with E-state index in [1.54, 1.807) is 4.90 Å². The van der Waals surface area contributed by atoms with Gasteiger partial charge in [0.25, 0.3) is 0 Å². The molecule has 0 bridgehead atoms. The fourth-order valence-electron chi connectivity index (χ4n) is 2.30. The molecule has 0 unspecified atom stereocenters. The minimum absolute atomic E-state index is 0.208.